The number of hydrogen-bond acceptors (Lipinski definition) is 5. The van der Waals surface area contributed by atoms with Crippen LogP contribution in [0.15, 0.2) is 40.8 Å². The van der Waals surface area contributed by atoms with Crippen molar-refractivity contribution in [2.75, 3.05) is 19.6 Å². The Hall–Kier alpha value is -2.45. The highest BCUT2D eigenvalue weighted by Gasteiger charge is 2.31. The number of amides is 1. The first kappa shape index (κ1) is 17.9. The second-order valence-corrected chi connectivity index (χ2v) is 5.17. The van der Waals surface area contributed by atoms with Gasteiger partial charge in [0.1, 0.15) is 10.7 Å². The summed E-state index contributed by atoms with van der Waals surface area (Å²) in [6, 6.07) is 8.10. The molecule has 1 aromatic heterocycles. The van der Waals surface area contributed by atoms with Gasteiger partial charge in [-0.2, -0.15) is 0 Å². The molecule has 3 rings (SSSR count). The highest BCUT2D eigenvalue weighted by atomic mass is 35.5. The normalized spacial score (nSPS) is 17.2. The maximum absolute atomic E-state index is 13.4. The van der Waals surface area contributed by atoms with Gasteiger partial charge in [-0.15, -0.1) is 12.4 Å². The minimum Gasteiger partial charge on any atom is -0.395 e. The van der Waals surface area contributed by atoms with Crippen molar-refractivity contribution in [1.29, 1.82) is 0 Å². The Morgan fingerprint density at radius 1 is 1.38 bits per heavy atom. The molecule has 0 radical (unpaired) electrons. The lowest BCUT2D eigenvalue weighted by Crippen LogP contribution is -2.48. The van der Waals surface area contributed by atoms with E-state index in [-0.39, 0.29) is 30.0 Å². The van der Waals surface area contributed by atoms with E-state index in [4.69, 9.17) is 4.42 Å². The third-order valence-corrected chi connectivity index (χ3v) is 3.72. The standard InChI is InChI=1S/C15H14FN3O4.ClH/c16-11-3-1-2-10(8-11)12-9-17-6-7-18(12)15(20)13-4-5-14(23-13)19(21)22;/h1-5,8,12,17H,6-7,9H2;1H. The second kappa shape index (κ2) is 7.41. The smallest absolute Gasteiger partial charge is 0.395 e. The zero-order valence-electron chi connectivity index (χ0n) is 12.5. The number of carbonyl (C=O) groups is 1. The average Bonchev–Trinajstić information content (AvgIpc) is 3.04. The van der Waals surface area contributed by atoms with Crippen LogP contribution in [0.4, 0.5) is 10.3 Å². The Labute approximate surface area is 143 Å². The molecule has 0 spiro atoms. The number of halogens is 2. The molecule has 128 valence electrons. The van der Waals surface area contributed by atoms with E-state index < -0.39 is 16.7 Å². The van der Waals surface area contributed by atoms with Crippen molar-refractivity contribution in [3.05, 3.63) is 63.7 Å². The summed E-state index contributed by atoms with van der Waals surface area (Å²) in [5.41, 5.74) is 0.659. The van der Waals surface area contributed by atoms with Crippen molar-refractivity contribution in [3.8, 4) is 0 Å². The zero-order chi connectivity index (χ0) is 16.4. The Kier molecular flexibility index (Phi) is 5.53. The fourth-order valence-electron chi connectivity index (χ4n) is 2.64. The zero-order valence-corrected chi connectivity index (χ0v) is 13.3. The van der Waals surface area contributed by atoms with Gasteiger partial charge in [0.15, 0.2) is 5.76 Å². The van der Waals surface area contributed by atoms with Crippen LogP contribution in [0, 0.1) is 15.9 Å². The van der Waals surface area contributed by atoms with Crippen molar-refractivity contribution in [3.63, 3.8) is 0 Å². The lowest BCUT2D eigenvalue weighted by atomic mass is 10.0. The number of benzene rings is 1. The van der Waals surface area contributed by atoms with Gasteiger partial charge in [-0.3, -0.25) is 14.9 Å². The van der Waals surface area contributed by atoms with Crippen LogP contribution >= 0.6 is 12.4 Å². The Morgan fingerprint density at radius 2 is 2.17 bits per heavy atom. The number of furan rings is 1. The van der Waals surface area contributed by atoms with Gasteiger partial charge < -0.3 is 14.6 Å². The molecule has 1 saturated heterocycles. The van der Waals surface area contributed by atoms with Gasteiger partial charge in [0.05, 0.1) is 12.1 Å². The maximum atomic E-state index is 13.4. The highest BCUT2D eigenvalue weighted by molar-refractivity contribution is 5.92. The highest BCUT2D eigenvalue weighted by Crippen LogP contribution is 2.26. The molecule has 1 aliphatic rings. The number of hydrogen-bond donors (Lipinski definition) is 1. The Balaban J connectivity index is 0.00000208. The van der Waals surface area contributed by atoms with E-state index >= 15 is 0 Å². The number of rotatable bonds is 3. The third-order valence-electron chi connectivity index (χ3n) is 3.72. The van der Waals surface area contributed by atoms with Gasteiger partial charge in [0, 0.05) is 19.6 Å². The molecule has 2 aromatic rings. The van der Waals surface area contributed by atoms with Crippen LogP contribution in [0.2, 0.25) is 0 Å². The number of piperazine rings is 1. The molecular weight excluding hydrogens is 341 g/mol. The molecule has 9 heteroatoms. The summed E-state index contributed by atoms with van der Waals surface area (Å²) in [6.07, 6.45) is 0. The van der Waals surface area contributed by atoms with Crippen LogP contribution in [0.25, 0.3) is 0 Å². The van der Waals surface area contributed by atoms with Gasteiger partial charge in [0.2, 0.25) is 0 Å². The van der Waals surface area contributed by atoms with E-state index in [2.05, 4.69) is 5.32 Å². The average molecular weight is 356 g/mol. The molecule has 1 aliphatic heterocycles. The molecule has 0 bridgehead atoms. The predicted molar refractivity (Wildman–Crippen MR) is 85.7 cm³/mol. The van der Waals surface area contributed by atoms with Crippen LogP contribution in [-0.2, 0) is 0 Å². The van der Waals surface area contributed by atoms with Crippen molar-refractivity contribution in [2.45, 2.75) is 6.04 Å². The van der Waals surface area contributed by atoms with Crippen LogP contribution in [0.5, 0.6) is 0 Å². The summed E-state index contributed by atoms with van der Waals surface area (Å²) in [4.78, 5) is 24.1. The molecule has 1 fully saturated rings. The maximum Gasteiger partial charge on any atom is 0.433 e. The molecule has 0 saturated carbocycles. The summed E-state index contributed by atoms with van der Waals surface area (Å²) in [5, 5.41) is 13.8. The topological polar surface area (TPSA) is 88.6 Å². The molecule has 2 heterocycles. The molecule has 0 aliphatic carbocycles. The lowest BCUT2D eigenvalue weighted by molar-refractivity contribution is -0.402. The SMILES string of the molecule is Cl.O=C(c1ccc([N+](=O)[O-])o1)N1CCNCC1c1cccc(F)c1. The van der Waals surface area contributed by atoms with Gasteiger partial charge in [0.25, 0.3) is 5.91 Å². The molecule has 1 amide bonds. The largest absolute Gasteiger partial charge is 0.433 e. The Bertz CT molecular complexity index is 752. The van der Waals surface area contributed by atoms with E-state index in [0.717, 1.165) is 6.07 Å². The first-order valence-electron chi connectivity index (χ1n) is 7.07. The van der Waals surface area contributed by atoms with Crippen molar-refractivity contribution < 1.29 is 18.5 Å². The fourth-order valence-corrected chi connectivity index (χ4v) is 2.64. The van der Waals surface area contributed by atoms with E-state index in [0.29, 0.717) is 25.2 Å². The molecule has 1 unspecified atom stereocenters. The fraction of sp³-hybridized carbons (Fsp3) is 0.267. The molecule has 1 atom stereocenters. The molecule has 7 nitrogen and oxygen atoms in total. The molecule has 24 heavy (non-hydrogen) atoms. The monoisotopic (exact) mass is 355 g/mol. The van der Waals surface area contributed by atoms with Crippen LogP contribution in [-0.4, -0.2) is 35.4 Å². The molecule has 1 aromatic carbocycles. The molecule has 1 N–H and O–H groups in total. The minimum atomic E-state index is -0.696. The Morgan fingerprint density at radius 3 is 2.83 bits per heavy atom. The lowest BCUT2D eigenvalue weighted by Gasteiger charge is -2.36. The number of nitrogens with zero attached hydrogens (tertiary/aromatic N) is 2. The summed E-state index contributed by atoms with van der Waals surface area (Å²) >= 11 is 0. The number of carbonyl (C=O) groups excluding carboxylic acids is 1. The summed E-state index contributed by atoms with van der Waals surface area (Å²) in [6.45, 7) is 1.45. The quantitative estimate of drug-likeness (QED) is 0.675. The summed E-state index contributed by atoms with van der Waals surface area (Å²) in [7, 11) is 0. The van der Waals surface area contributed by atoms with E-state index in [9.17, 15) is 19.3 Å². The van der Waals surface area contributed by atoms with Gasteiger partial charge >= 0.3 is 5.88 Å². The number of nitrogens with one attached hydrogen (secondary N) is 1. The first-order chi connectivity index (χ1) is 11.1. The summed E-state index contributed by atoms with van der Waals surface area (Å²) < 4.78 is 18.4. The summed E-state index contributed by atoms with van der Waals surface area (Å²) in [5.74, 6) is -1.41. The van der Waals surface area contributed by atoms with Crippen LogP contribution in [0.3, 0.4) is 0 Å². The minimum absolute atomic E-state index is 0. The molecular formula is C15H15ClFN3O4. The van der Waals surface area contributed by atoms with Crippen LogP contribution < -0.4 is 5.32 Å². The van der Waals surface area contributed by atoms with E-state index in [1.807, 2.05) is 0 Å². The van der Waals surface area contributed by atoms with Crippen LogP contribution in [0.1, 0.15) is 22.2 Å². The van der Waals surface area contributed by atoms with Crippen molar-refractivity contribution in [1.82, 2.24) is 10.2 Å². The number of nitro groups is 1. The first-order valence-corrected chi connectivity index (χ1v) is 7.07. The predicted octanol–water partition coefficient (Wildman–Crippen LogP) is 2.54. The van der Waals surface area contributed by atoms with Gasteiger partial charge in [-0.25, -0.2) is 4.39 Å². The van der Waals surface area contributed by atoms with Crippen molar-refractivity contribution >= 4 is 24.2 Å². The van der Waals surface area contributed by atoms with E-state index in [1.54, 1.807) is 12.1 Å². The van der Waals surface area contributed by atoms with Gasteiger partial charge in [-0.1, -0.05) is 12.1 Å². The third kappa shape index (κ3) is 3.55. The van der Waals surface area contributed by atoms with E-state index in [1.165, 1.54) is 23.1 Å². The van der Waals surface area contributed by atoms with Gasteiger partial charge in [-0.05, 0) is 23.8 Å². The second-order valence-electron chi connectivity index (χ2n) is 5.17. The van der Waals surface area contributed by atoms with Crippen molar-refractivity contribution in [2.24, 2.45) is 0 Å².